The summed E-state index contributed by atoms with van der Waals surface area (Å²) in [5.41, 5.74) is 0.275. The average molecular weight is 166 g/mol. The van der Waals surface area contributed by atoms with Crippen LogP contribution in [0.4, 0.5) is 0 Å². The first kappa shape index (κ1) is 9.20. The standard InChI is InChI=1S/C10H14O2/c1-7-6-9(12)10(2,3)5-4-8(7)11/h4-6,9,12H,1-3H3/t9-/m0/s1. The summed E-state index contributed by atoms with van der Waals surface area (Å²) < 4.78 is 0. The highest BCUT2D eigenvalue weighted by Gasteiger charge is 2.26. The molecule has 0 aliphatic heterocycles. The van der Waals surface area contributed by atoms with E-state index in [1.165, 1.54) is 6.08 Å². The van der Waals surface area contributed by atoms with Gasteiger partial charge in [-0.15, -0.1) is 0 Å². The molecule has 12 heavy (non-hydrogen) atoms. The fourth-order valence-corrected chi connectivity index (χ4v) is 1.05. The van der Waals surface area contributed by atoms with Gasteiger partial charge in [0.1, 0.15) is 0 Å². The van der Waals surface area contributed by atoms with Crippen LogP contribution in [0.1, 0.15) is 20.8 Å². The summed E-state index contributed by atoms with van der Waals surface area (Å²) in [6.45, 7) is 5.52. The Hall–Kier alpha value is -0.890. The largest absolute Gasteiger partial charge is 0.388 e. The summed E-state index contributed by atoms with van der Waals surface area (Å²) in [6, 6.07) is 0. The molecule has 0 saturated heterocycles. The molecule has 0 heterocycles. The van der Waals surface area contributed by atoms with Crippen LogP contribution in [-0.2, 0) is 4.79 Å². The Balaban J connectivity index is 3.07. The first-order valence-electron chi connectivity index (χ1n) is 4.03. The van der Waals surface area contributed by atoms with Crippen LogP contribution in [-0.4, -0.2) is 17.0 Å². The van der Waals surface area contributed by atoms with Gasteiger partial charge in [-0.3, -0.25) is 4.79 Å². The summed E-state index contributed by atoms with van der Waals surface area (Å²) in [7, 11) is 0. The number of aliphatic hydroxyl groups is 1. The Morgan fingerprint density at radius 1 is 1.50 bits per heavy atom. The smallest absolute Gasteiger partial charge is 0.181 e. The molecule has 0 aromatic carbocycles. The Bertz CT molecular complexity index is 259. The van der Waals surface area contributed by atoms with E-state index in [1.54, 1.807) is 19.1 Å². The van der Waals surface area contributed by atoms with Crippen molar-refractivity contribution in [1.82, 2.24) is 0 Å². The van der Waals surface area contributed by atoms with Crippen molar-refractivity contribution in [3.05, 3.63) is 23.8 Å². The van der Waals surface area contributed by atoms with Crippen LogP contribution >= 0.6 is 0 Å². The first-order chi connectivity index (χ1) is 5.43. The highest BCUT2D eigenvalue weighted by molar-refractivity contribution is 6.03. The number of carbonyl (C=O) groups is 1. The molecule has 1 rings (SSSR count). The molecule has 2 heteroatoms. The maximum atomic E-state index is 11.2. The van der Waals surface area contributed by atoms with Gasteiger partial charge in [0.2, 0.25) is 0 Å². The molecule has 0 radical (unpaired) electrons. The minimum atomic E-state index is -0.569. The lowest BCUT2D eigenvalue weighted by Crippen LogP contribution is -2.24. The van der Waals surface area contributed by atoms with E-state index >= 15 is 0 Å². The van der Waals surface area contributed by atoms with Crippen molar-refractivity contribution in [2.24, 2.45) is 5.41 Å². The lowest BCUT2D eigenvalue weighted by Gasteiger charge is -2.23. The van der Waals surface area contributed by atoms with Crippen molar-refractivity contribution in [3.8, 4) is 0 Å². The summed E-state index contributed by atoms with van der Waals surface area (Å²) in [4.78, 5) is 11.2. The number of carbonyl (C=O) groups excluding carboxylic acids is 1. The monoisotopic (exact) mass is 166 g/mol. The van der Waals surface area contributed by atoms with E-state index in [-0.39, 0.29) is 11.2 Å². The Morgan fingerprint density at radius 2 is 2.08 bits per heavy atom. The van der Waals surface area contributed by atoms with Gasteiger partial charge in [-0.2, -0.15) is 0 Å². The van der Waals surface area contributed by atoms with Gasteiger partial charge < -0.3 is 5.11 Å². The zero-order valence-electron chi connectivity index (χ0n) is 7.66. The molecule has 1 atom stereocenters. The molecule has 2 nitrogen and oxygen atoms in total. The van der Waals surface area contributed by atoms with Crippen molar-refractivity contribution < 1.29 is 9.90 Å². The average Bonchev–Trinajstić information content (AvgIpc) is 2.05. The molecular weight excluding hydrogens is 152 g/mol. The van der Waals surface area contributed by atoms with E-state index in [4.69, 9.17) is 0 Å². The highest BCUT2D eigenvalue weighted by Crippen LogP contribution is 2.26. The first-order valence-corrected chi connectivity index (χ1v) is 4.03. The zero-order valence-corrected chi connectivity index (χ0v) is 7.66. The summed E-state index contributed by atoms with van der Waals surface area (Å²) in [5, 5.41) is 9.63. The molecule has 0 spiro atoms. The molecule has 1 N–H and O–H groups in total. The second-order valence-corrected chi connectivity index (χ2v) is 3.81. The van der Waals surface area contributed by atoms with Gasteiger partial charge >= 0.3 is 0 Å². The zero-order chi connectivity index (χ0) is 9.35. The van der Waals surface area contributed by atoms with Crippen molar-refractivity contribution in [2.45, 2.75) is 26.9 Å². The van der Waals surface area contributed by atoms with Crippen LogP contribution in [0.2, 0.25) is 0 Å². The van der Waals surface area contributed by atoms with Gasteiger partial charge in [-0.25, -0.2) is 0 Å². The van der Waals surface area contributed by atoms with Crippen LogP contribution in [0.25, 0.3) is 0 Å². The van der Waals surface area contributed by atoms with Gasteiger partial charge in [0, 0.05) is 5.41 Å². The van der Waals surface area contributed by atoms with E-state index in [1.807, 2.05) is 13.8 Å². The number of ketones is 1. The van der Waals surface area contributed by atoms with E-state index in [0.29, 0.717) is 5.57 Å². The predicted octanol–water partition coefficient (Wildman–Crippen LogP) is 1.46. The predicted molar refractivity (Wildman–Crippen MR) is 47.7 cm³/mol. The molecule has 0 amide bonds. The van der Waals surface area contributed by atoms with Crippen molar-refractivity contribution in [1.29, 1.82) is 0 Å². The number of aliphatic hydroxyl groups excluding tert-OH is 1. The lowest BCUT2D eigenvalue weighted by molar-refractivity contribution is -0.111. The van der Waals surface area contributed by atoms with E-state index in [9.17, 15) is 9.90 Å². The van der Waals surface area contributed by atoms with Gasteiger partial charge in [-0.05, 0) is 24.6 Å². The molecule has 0 aromatic heterocycles. The summed E-state index contributed by atoms with van der Waals surface area (Å²) in [5.74, 6) is -0.0142. The van der Waals surface area contributed by atoms with Crippen LogP contribution < -0.4 is 0 Å². The Labute approximate surface area is 72.6 Å². The molecule has 0 unspecified atom stereocenters. The van der Waals surface area contributed by atoms with Crippen LogP contribution in [0, 0.1) is 5.41 Å². The maximum Gasteiger partial charge on any atom is 0.181 e. The third kappa shape index (κ3) is 1.64. The topological polar surface area (TPSA) is 37.3 Å². The maximum absolute atomic E-state index is 11.2. The molecule has 1 aliphatic rings. The second kappa shape index (κ2) is 2.87. The molecule has 66 valence electrons. The third-order valence-electron chi connectivity index (χ3n) is 2.22. The molecule has 0 fully saturated rings. The minimum absolute atomic E-state index is 0.0142. The number of hydrogen-bond donors (Lipinski definition) is 1. The van der Waals surface area contributed by atoms with Gasteiger partial charge in [0.05, 0.1) is 6.10 Å². The van der Waals surface area contributed by atoms with E-state index in [2.05, 4.69) is 0 Å². The molecule has 1 aliphatic carbocycles. The van der Waals surface area contributed by atoms with Gasteiger partial charge in [0.25, 0.3) is 0 Å². The van der Waals surface area contributed by atoms with Crippen LogP contribution in [0.3, 0.4) is 0 Å². The molecular formula is C10H14O2. The van der Waals surface area contributed by atoms with Gasteiger partial charge in [0.15, 0.2) is 5.78 Å². The SMILES string of the molecule is CC1=C[C@H](O)C(C)(C)C=CC1=O. The Morgan fingerprint density at radius 3 is 2.67 bits per heavy atom. The quantitative estimate of drug-likeness (QED) is 0.591. The van der Waals surface area contributed by atoms with E-state index < -0.39 is 6.10 Å². The summed E-state index contributed by atoms with van der Waals surface area (Å²) in [6.07, 6.45) is 4.33. The number of allylic oxidation sites excluding steroid dienone is 2. The van der Waals surface area contributed by atoms with Crippen molar-refractivity contribution in [3.63, 3.8) is 0 Å². The Kier molecular flexibility index (Phi) is 2.20. The van der Waals surface area contributed by atoms with Crippen molar-refractivity contribution in [2.75, 3.05) is 0 Å². The number of hydrogen-bond acceptors (Lipinski definition) is 2. The third-order valence-corrected chi connectivity index (χ3v) is 2.22. The van der Waals surface area contributed by atoms with Crippen LogP contribution in [0.15, 0.2) is 23.8 Å². The molecule has 0 saturated carbocycles. The van der Waals surface area contributed by atoms with Crippen molar-refractivity contribution >= 4 is 5.78 Å². The molecule has 0 bridgehead atoms. The fourth-order valence-electron chi connectivity index (χ4n) is 1.05. The highest BCUT2D eigenvalue weighted by atomic mass is 16.3. The van der Waals surface area contributed by atoms with E-state index in [0.717, 1.165) is 0 Å². The molecule has 0 aromatic rings. The minimum Gasteiger partial charge on any atom is -0.388 e. The lowest BCUT2D eigenvalue weighted by atomic mass is 9.87. The second-order valence-electron chi connectivity index (χ2n) is 3.81. The normalized spacial score (nSPS) is 28.2. The van der Waals surface area contributed by atoms with Crippen LogP contribution in [0.5, 0.6) is 0 Å². The van der Waals surface area contributed by atoms with Gasteiger partial charge in [-0.1, -0.05) is 19.9 Å². The summed E-state index contributed by atoms with van der Waals surface area (Å²) >= 11 is 0. The fraction of sp³-hybridized carbons (Fsp3) is 0.500. The number of rotatable bonds is 0.